The van der Waals surface area contributed by atoms with Crippen LogP contribution in [-0.2, 0) is 19.1 Å². The zero-order chi connectivity index (χ0) is 20.6. The molecule has 3 amide bonds. The van der Waals surface area contributed by atoms with E-state index in [-0.39, 0.29) is 12.5 Å². The first-order valence-corrected chi connectivity index (χ1v) is 9.96. The van der Waals surface area contributed by atoms with Crippen molar-refractivity contribution in [2.45, 2.75) is 6.23 Å². The van der Waals surface area contributed by atoms with Gasteiger partial charge in [-0.05, 0) is 24.3 Å². The Morgan fingerprint density at radius 2 is 1.69 bits per heavy atom. The molecule has 0 aliphatic carbocycles. The number of morpholine rings is 1. The minimum Gasteiger partial charge on any atom is -0.379 e. The molecule has 0 aromatic heterocycles. The Hall–Kier alpha value is -2.20. The summed E-state index contributed by atoms with van der Waals surface area (Å²) in [6, 6.07) is 6.56. The summed E-state index contributed by atoms with van der Waals surface area (Å²) in [6.07, 6.45) is -0.622. The highest BCUT2D eigenvalue weighted by Gasteiger charge is 2.31. The van der Waals surface area contributed by atoms with Gasteiger partial charge in [-0.2, -0.15) is 0 Å². The lowest BCUT2D eigenvalue weighted by atomic mass is 10.2. The number of halogens is 1. The Morgan fingerprint density at radius 1 is 1.00 bits per heavy atom. The highest BCUT2D eigenvalue weighted by Crippen LogP contribution is 2.16. The zero-order valence-electron chi connectivity index (χ0n) is 16.1. The van der Waals surface area contributed by atoms with Gasteiger partial charge >= 0.3 is 11.8 Å². The molecule has 1 atom stereocenters. The van der Waals surface area contributed by atoms with E-state index in [9.17, 15) is 14.4 Å². The number of carbonyl (C=O) groups excluding carboxylic acids is 3. The summed E-state index contributed by atoms with van der Waals surface area (Å²) in [5.74, 6) is -1.67. The molecule has 0 radical (unpaired) electrons. The number of nitrogens with zero attached hydrogens (tertiary/aromatic N) is 2. The van der Waals surface area contributed by atoms with Crippen LogP contribution < -0.4 is 10.6 Å². The SMILES string of the molecule is O=C(NCCN1CCOCC1)C(=O)NC[C@H]1OCCN1C(=O)c1ccc(Cl)cc1. The Bertz CT molecular complexity index is 724. The van der Waals surface area contributed by atoms with Gasteiger partial charge in [0.25, 0.3) is 5.91 Å². The smallest absolute Gasteiger partial charge is 0.309 e. The van der Waals surface area contributed by atoms with Gasteiger partial charge in [-0.25, -0.2) is 0 Å². The number of benzene rings is 1. The van der Waals surface area contributed by atoms with Gasteiger partial charge in [0.1, 0.15) is 6.23 Å². The molecule has 0 saturated carbocycles. The molecule has 158 valence electrons. The third kappa shape index (κ3) is 6.14. The van der Waals surface area contributed by atoms with Crippen molar-refractivity contribution in [3.63, 3.8) is 0 Å². The van der Waals surface area contributed by atoms with Crippen LogP contribution in [0.1, 0.15) is 10.4 Å². The van der Waals surface area contributed by atoms with Crippen molar-refractivity contribution in [1.82, 2.24) is 20.4 Å². The minimum absolute atomic E-state index is 0.0368. The first-order valence-electron chi connectivity index (χ1n) is 9.59. The van der Waals surface area contributed by atoms with Gasteiger partial charge in [-0.3, -0.25) is 19.3 Å². The molecule has 1 aromatic carbocycles. The van der Waals surface area contributed by atoms with Crippen LogP contribution in [0.3, 0.4) is 0 Å². The summed E-state index contributed by atoms with van der Waals surface area (Å²) in [4.78, 5) is 40.3. The van der Waals surface area contributed by atoms with Crippen LogP contribution in [0.2, 0.25) is 5.02 Å². The van der Waals surface area contributed by atoms with E-state index in [1.54, 1.807) is 24.3 Å². The average Bonchev–Trinajstić information content (AvgIpc) is 3.21. The van der Waals surface area contributed by atoms with E-state index in [2.05, 4.69) is 15.5 Å². The van der Waals surface area contributed by atoms with Crippen molar-refractivity contribution in [3.05, 3.63) is 34.9 Å². The summed E-state index contributed by atoms with van der Waals surface area (Å²) in [5.41, 5.74) is 0.483. The van der Waals surface area contributed by atoms with Crippen LogP contribution in [0.25, 0.3) is 0 Å². The largest absolute Gasteiger partial charge is 0.379 e. The molecule has 3 rings (SSSR count). The number of hydrogen-bond donors (Lipinski definition) is 2. The van der Waals surface area contributed by atoms with Crippen molar-refractivity contribution < 1.29 is 23.9 Å². The maximum absolute atomic E-state index is 12.6. The quantitative estimate of drug-likeness (QED) is 0.608. The molecule has 2 saturated heterocycles. The predicted octanol–water partition coefficient (Wildman–Crippen LogP) is -0.297. The van der Waals surface area contributed by atoms with Crippen LogP contribution in [0.4, 0.5) is 0 Å². The predicted molar refractivity (Wildman–Crippen MR) is 106 cm³/mol. The molecule has 29 heavy (non-hydrogen) atoms. The number of carbonyl (C=O) groups is 3. The fraction of sp³-hybridized carbons (Fsp3) is 0.526. The third-order valence-electron chi connectivity index (χ3n) is 4.80. The van der Waals surface area contributed by atoms with Crippen LogP contribution in [0.15, 0.2) is 24.3 Å². The lowest BCUT2D eigenvalue weighted by molar-refractivity contribution is -0.139. The second-order valence-corrected chi connectivity index (χ2v) is 7.19. The lowest BCUT2D eigenvalue weighted by Gasteiger charge is -2.26. The van der Waals surface area contributed by atoms with Crippen molar-refractivity contribution >= 4 is 29.3 Å². The summed E-state index contributed by atoms with van der Waals surface area (Å²) in [5, 5.41) is 5.68. The fourth-order valence-electron chi connectivity index (χ4n) is 3.17. The molecule has 0 spiro atoms. The van der Waals surface area contributed by atoms with E-state index in [1.807, 2.05) is 0 Å². The second kappa shape index (κ2) is 10.5. The van der Waals surface area contributed by atoms with Gasteiger partial charge in [-0.15, -0.1) is 0 Å². The number of amides is 3. The van der Waals surface area contributed by atoms with E-state index in [4.69, 9.17) is 21.1 Å². The van der Waals surface area contributed by atoms with E-state index >= 15 is 0 Å². The van der Waals surface area contributed by atoms with Gasteiger partial charge in [0.15, 0.2) is 0 Å². The second-order valence-electron chi connectivity index (χ2n) is 6.75. The molecular formula is C19H25ClN4O5. The van der Waals surface area contributed by atoms with Gasteiger partial charge < -0.3 is 25.0 Å². The van der Waals surface area contributed by atoms with Crippen LogP contribution >= 0.6 is 11.6 Å². The van der Waals surface area contributed by atoms with Crippen LogP contribution in [-0.4, -0.2) is 92.8 Å². The standard InChI is InChI=1S/C19H25ClN4O5/c20-15-3-1-14(2-4-15)19(27)24-9-12-29-16(24)13-22-18(26)17(25)21-5-6-23-7-10-28-11-8-23/h1-4,16H,5-13H2,(H,21,25)(H,22,26)/t16-/m1/s1. The topological polar surface area (TPSA) is 100 Å². The number of ether oxygens (including phenoxy) is 2. The number of rotatable bonds is 6. The highest BCUT2D eigenvalue weighted by atomic mass is 35.5. The van der Waals surface area contributed by atoms with Crippen LogP contribution in [0, 0.1) is 0 Å². The molecule has 0 bridgehead atoms. The molecule has 0 unspecified atom stereocenters. The van der Waals surface area contributed by atoms with Crippen molar-refractivity contribution in [2.24, 2.45) is 0 Å². The minimum atomic E-state index is -0.749. The van der Waals surface area contributed by atoms with Crippen LogP contribution in [0.5, 0.6) is 0 Å². The van der Waals surface area contributed by atoms with Crippen molar-refractivity contribution in [1.29, 1.82) is 0 Å². The summed E-state index contributed by atoms with van der Waals surface area (Å²) in [7, 11) is 0. The van der Waals surface area contributed by atoms with Crippen molar-refractivity contribution in [2.75, 3.05) is 59.1 Å². The highest BCUT2D eigenvalue weighted by molar-refractivity contribution is 6.35. The summed E-state index contributed by atoms with van der Waals surface area (Å²) in [6.45, 7) is 4.86. The maximum Gasteiger partial charge on any atom is 0.309 e. The average molecular weight is 425 g/mol. The molecule has 9 nitrogen and oxygen atoms in total. The monoisotopic (exact) mass is 424 g/mol. The molecule has 1 aromatic rings. The normalized spacial score (nSPS) is 19.8. The molecule has 10 heteroatoms. The van der Waals surface area contributed by atoms with E-state index in [0.717, 1.165) is 13.1 Å². The Kier molecular flexibility index (Phi) is 7.82. The zero-order valence-corrected chi connectivity index (χ0v) is 16.8. The molecule has 2 N–H and O–H groups in total. The number of nitrogens with one attached hydrogen (secondary N) is 2. The summed E-state index contributed by atoms with van der Waals surface area (Å²) < 4.78 is 10.8. The van der Waals surface area contributed by atoms with Gasteiger partial charge in [0.05, 0.1) is 26.4 Å². The molecule has 2 aliphatic heterocycles. The fourth-order valence-corrected chi connectivity index (χ4v) is 3.30. The van der Waals surface area contributed by atoms with Gasteiger partial charge in [-0.1, -0.05) is 11.6 Å². The maximum atomic E-state index is 12.6. The first kappa shape index (κ1) is 21.5. The van der Waals surface area contributed by atoms with Gasteiger partial charge in [0.2, 0.25) is 0 Å². The Morgan fingerprint density at radius 3 is 2.41 bits per heavy atom. The Balaban J connectivity index is 1.41. The third-order valence-corrected chi connectivity index (χ3v) is 5.05. The molecule has 2 fully saturated rings. The molecular weight excluding hydrogens is 400 g/mol. The van der Waals surface area contributed by atoms with Gasteiger partial charge in [0, 0.05) is 43.3 Å². The molecule has 2 heterocycles. The number of hydrogen-bond acceptors (Lipinski definition) is 6. The van der Waals surface area contributed by atoms with E-state index in [0.29, 0.717) is 50.0 Å². The Labute approximate surface area is 174 Å². The van der Waals surface area contributed by atoms with E-state index < -0.39 is 18.0 Å². The first-order chi connectivity index (χ1) is 14.0. The molecule has 2 aliphatic rings. The lowest BCUT2D eigenvalue weighted by Crippen LogP contribution is -2.48. The van der Waals surface area contributed by atoms with E-state index in [1.165, 1.54) is 4.90 Å². The summed E-state index contributed by atoms with van der Waals surface area (Å²) >= 11 is 5.86. The van der Waals surface area contributed by atoms with Crippen molar-refractivity contribution in [3.8, 4) is 0 Å².